The Morgan fingerprint density at radius 2 is 2.12 bits per heavy atom. The van der Waals surface area contributed by atoms with Crippen molar-refractivity contribution in [1.82, 2.24) is 4.90 Å². The maximum atomic E-state index is 5.52. The molecular weight excluding hydrogens is 198 g/mol. The quantitative estimate of drug-likeness (QED) is 0.752. The van der Waals surface area contributed by atoms with Gasteiger partial charge in [-0.05, 0) is 50.0 Å². The molecule has 2 nitrogen and oxygen atoms in total. The van der Waals surface area contributed by atoms with Crippen LogP contribution in [0.4, 0.5) is 0 Å². The number of hydrogen-bond acceptors (Lipinski definition) is 2. The van der Waals surface area contributed by atoms with E-state index in [1.54, 1.807) is 0 Å². The zero-order valence-electron chi connectivity index (χ0n) is 9.98. The van der Waals surface area contributed by atoms with Gasteiger partial charge in [0.2, 0.25) is 0 Å². The average molecular weight is 218 g/mol. The fraction of sp³-hybridized carbons (Fsp3) is 0.500. The van der Waals surface area contributed by atoms with Crippen molar-refractivity contribution >= 4 is 0 Å². The summed E-state index contributed by atoms with van der Waals surface area (Å²) in [6.07, 6.45) is 3.63. The molecule has 0 bridgehead atoms. The van der Waals surface area contributed by atoms with Gasteiger partial charge in [-0.2, -0.15) is 0 Å². The first-order chi connectivity index (χ1) is 7.88. The van der Waals surface area contributed by atoms with Gasteiger partial charge in [0.1, 0.15) is 12.4 Å². The number of rotatable bonds is 5. The molecule has 2 rings (SSSR count). The summed E-state index contributed by atoms with van der Waals surface area (Å²) in [5.41, 5.74) is 1.35. The van der Waals surface area contributed by atoms with Gasteiger partial charge < -0.3 is 4.74 Å². The first-order valence-electron chi connectivity index (χ1n) is 6.18. The highest BCUT2D eigenvalue weighted by molar-refractivity contribution is 5.28. The molecule has 0 N–H and O–H groups in total. The van der Waals surface area contributed by atoms with E-state index in [1.807, 2.05) is 12.7 Å². The maximum absolute atomic E-state index is 5.52. The lowest BCUT2D eigenvalue weighted by atomic mass is 10.2. The minimum Gasteiger partial charge on any atom is -0.487 e. The Labute approximate surface area is 98.2 Å². The van der Waals surface area contributed by atoms with Crippen molar-refractivity contribution in [3.8, 4) is 5.75 Å². The summed E-state index contributed by atoms with van der Waals surface area (Å²) < 4.78 is 5.52. The summed E-state index contributed by atoms with van der Waals surface area (Å²) in [5.74, 6) is 0.957. The molecule has 1 heterocycles. The van der Waals surface area contributed by atoms with E-state index in [0.29, 0.717) is 0 Å². The number of nitrogens with zero attached hydrogens (tertiary/aromatic N) is 1. The van der Waals surface area contributed by atoms with Crippen LogP contribution in [0, 0.1) is 6.61 Å². The molecule has 2 heteroatoms. The average Bonchev–Trinajstić information content (AvgIpc) is 2.80. The summed E-state index contributed by atoms with van der Waals surface area (Å²) >= 11 is 0. The normalized spacial score (nSPS) is 16.6. The molecule has 1 aliphatic rings. The van der Waals surface area contributed by atoms with Crippen LogP contribution in [-0.4, -0.2) is 18.0 Å². The van der Waals surface area contributed by atoms with E-state index in [9.17, 15) is 0 Å². The third-order valence-electron chi connectivity index (χ3n) is 2.89. The molecule has 1 saturated heterocycles. The second-order valence-electron chi connectivity index (χ2n) is 4.32. The van der Waals surface area contributed by atoms with E-state index >= 15 is 0 Å². The van der Waals surface area contributed by atoms with Crippen molar-refractivity contribution in [1.29, 1.82) is 0 Å². The topological polar surface area (TPSA) is 12.5 Å². The summed E-state index contributed by atoms with van der Waals surface area (Å²) in [6, 6.07) is 8.41. The van der Waals surface area contributed by atoms with E-state index < -0.39 is 0 Å². The Kier molecular flexibility index (Phi) is 4.23. The van der Waals surface area contributed by atoms with Crippen LogP contribution in [0.2, 0.25) is 0 Å². The van der Waals surface area contributed by atoms with Crippen LogP contribution in [0.1, 0.15) is 31.7 Å². The van der Waals surface area contributed by atoms with Gasteiger partial charge >= 0.3 is 0 Å². The van der Waals surface area contributed by atoms with E-state index in [4.69, 9.17) is 4.74 Å². The minimum absolute atomic E-state index is 0.941. The molecule has 16 heavy (non-hydrogen) atoms. The molecule has 1 radical (unpaired) electrons. The molecule has 0 unspecified atom stereocenters. The molecular formula is C14H20NO. The number of likely N-dealkylation sites (tertiary alicyclic amines) is 1. The molecule has 1 aromatic carbocycles. The van der Waals surface area contributed by atoms with Crippen molar-refractivity contribution in [3.05, 3.63) is 36.4 Å². The minimum atomic E-state index is 0.941. The first-order valence-corrected chi connectivity index (χ1v) is 6.18. The summed E-state index contributed by atoms with van der Waals surface area (Å²) in [7, 11) is 0. The fourth-order valence-electron chi connectivity index (χ4n) is 2.10. The number of benzene rings is 1. The van der Waals surface area contributed by atoms with Crippen LogP contribution in [-0.2, 0) is 6.54 Å². The molecule has 0 aromatic heterocycles. The zero-order chi connectivity index (χ0) is 11.2. The monoisotopic (exact) mass is 218 g/mol. The van der Waals surface area contributed by atoms with Gasteiger partial charge in [0.25, 0.3) is 0 Å². The number of hydrogen-bond donors (Lipinski definition) is 0. The summed E-state index contributed by atoms with van der Waals surface area (Å²) in [6.45, 7) is 7.46. The predicted molar refractivity (Wildman–Crippen MR) is 66.2 cm³/mol. The Bertz CT molecular complexity index is 318. The van der Waals surface area contributed by atoms with Crippen molar-refractivity contribution < 1.29 is 4.74 Å². The predicted octanol–water partition coefficient (Wildman–Crippen LogP) is 3.23. The van der Waals surface area contributed by atoms with Crippen LogP contribution < -0.4 is 4.74 Å². The molecule has 1 aliphatic heterocycles. The maximum Gasteiger partial charge on any atom is 0.135 e. The van der Waals surface area contributed by atoms with Crippen molar-refractivity contribution in [2.45, 2.75) is 32.7 Å². The lowest BCUT2D eigenvalue weighted by Crippen LogP contribution is -2.18. The molecule has 1 aromatic rings. The highest BCUT2D eigenvalue weighted by atomic mass is 16.5. The Balaban J connectivity index is 1.92. The fourth-order valence-corrected chi connectivity index (χ4v) is 2.10. The Morgan fingerprint density at radius 1 is 1.31 bits per heavy atom. The first kappa shape index (κ1) is 11.5. The van der Waals surface area contributed by atoms with Gasteiger partial charge in [0.15, 0.2) is 0 Å². The zero-order valence-corrected chi connectivity index (χ0v) is 9.98. The van der Waals surface area contributed by atoms with E-state index in [0.717, 1.165) is 18.7 Å². The lowest BCUT2D eigenvalue weighted by molar-refractivity contribution is 0.330. The molecule has 0 spiro atoms. The second kappa shape index (κ2) is 5.90. The Hall–Kier alpha value is -1.02. The van der Waals surface area contributed by atoms with Crippen LogP contribution in [0.15, 0.2) is 24.3 Å². The van der Waals surface area contributed by atoms with E-state index in [1.165, 1.54) is 31.5 Å². The Morgan fingerprint density at radius 3 is 2.88 bits per heavy atom. The molecule has 87 valence electrons. The van der Waals surface area contributed by atoms with Gasteiger partial charge in [-0.15, -0.1) is 0 Å². The van der Waals surface area contributed by atoms with Gasteiger partial charge in [-0.3, -0.25) is 4.90 Å². The van der Waals surface area contributed by atoms with Crippen LogP contribution in [0.25, 0.3) is 0 Å². The van der Waals surface area contributed by atoms with Crippen molar-refractivity contribution in [2.75, 3.05) is 13.1 Å². The van der Waals surface area contributed by atoms with Gasteiger partial charge in [0.05, 0.1) is 0 Å². The van der Waals surface area contributed by atoms with Crippen molar-refractivity contribution in [3.63, 3.8) is 0 Å². The molecule has 0 aliphatic carbocycles. The highest BCUT2D eigenvalue weighted by Gasteiger charge is 2.11. The smallest absolute Gasteiger partial charge is 0.135 e. The summed E-state index contributed by atoms with van der Waals surface area (Å²) in [5, 5.41) is 0. The van der Waals surface area contributed by atoms with Gasteiger partial charge in [-0.25, -0.2) is 0 Å². The molecule has 0 atom stereocenters. The third-order valence-corrected chi connectivity index (χ3v) is 2.89. The van der Waals surface area contributed by atoms with Crippen molar-refractivity contribution in [2.24, 2.45) is 0 Å². The summed E-state index contributed by atoms with van der Waals surface area (Å²) in [4.78, 5) is 2.50. The van der Waals surface area contributed by atoms with E-state index in [2.05, 4.69) is 30.0 Å². The third kappa shape index (κ3) is 3.24. The largest absolute Gasteiger partial charge is 0.487 e. The van der Waals surface area contributed by atoms with E-state index in [-0.39, 0.29) is 0 Å². The molecule has 1 fully saturated rings. The van der Waals surface area contributed by atoms with Crippen LogP contribution in [0.3, 0.4) is 0 Å². The lowest BCUT2D eigenvalue weighted by Gasteiger charge is -2.15. The van der Waals surface area contributed by atoms with Crippen LogP contribution in [0.5, 0.6) is 5.75 Å². The SMILES string of the molecule is CC[CH]Oc1cccc(CN2CCCC2)c1. The standard InChI is InChI=1S/C14H20NO/c1-2-10-16-14-7-5-6-13(11-14)12-15-8-3-4-9-15/h5-7,10-11H,2-4,8-9,12H2,1H3. The molecule has 0 saturated carbocycles. The van der Waals surface area contributed by atoms with Gasteiger partial charge in [-0.1, -0.05) is 19.1 Å². The van der Waals surface area contributed by atoms with Crippen LogP contribution >= 0.6 is 0 Å². The second-order valence-corrected chi connectivity index (χ2v) is 4.32. The highest BCUT2D eigenvalue weighted by Crippen LogP contribution is 2.18. The molecule has 0 amide bonds. The number of ether oxygens (including phenoxy) is 1. The van der Waals surface area contributed by atoms with Gasteiger partial charge in [0, 0.05) is 6.54 Å².